The van der Waals surface area contributed by atoms with Crippen LogP contribution < -0.4 is 0 Å². The summed E-state index contributed by atoms with van der Waals surface area (Å²) in [5.41, 5.74) is 0. The van der Waals surface area contributed by atoms with E-state index in [1.54, 1.807) is 7.11 Å². The summed E-state index contributed by atoms with van der Waals surface area (Å²) in [5, 5.41) is 0. The molecule has 4 heteroatoms. The Morgan fingerprint density at radius 2 is 2.23 bits per heavy atom. The maximum atomic E-state index is 5.44. The van der Waals surface area contributed by atoms with Crippen LogP contribution in [0.3, 0.4) is 0 Å². The van der Waals surface area contributed by atoms with Crippen molar-refractivity contribution in [2.75, 3.05) is 26.8 Å². The zero-order valence-electron chi connectivity index (χ0n) is 8.66. The van der Waals surface area contributed by atoms with Crippen molar-refractivity contribution in [1.82, 2.24) is 4.67 Å². The molecule has 3 nitrogen and oxygen atoms in total. The van der Waals surface area contributed by atoms with E-state index in [-0.39, 0.29) is 0 Å². The number of unbranched alkanes of at least 4 members (excludes halogenated alkanes) is 3. The van der Waals surface area contributed by atoms with Crippen LogP contribution in [0.5, 0.6) is 0 Å². The highest BCUT2D eigenvalue weighted by Gasteiger charge is 2.25. The molecule has 1 heterocycles. The smallest absolute Gasteiger partial charge is 0.258 e. The number of rotatable bonds is 6. The van der Waals surface area contributed by atoms with E-state index in [1.165, 1.54) is 25.7 Å². The highest BCUT2D eigenvalue weighted by molar-refractivity contribution is 7.44. The minimum Gasteiger partial charge on any atom is -0.325 e. The molecule has 1 aliphatic heterocycles. The van der Waals surface area contributed by atoms with Crippen molar-refractivity contribution in [3.63, 3.8) is 0 Å². The predicted octanol–water partition coefficient (Wildman–Crippen LogP) is 2.77. The van der Waals surface area contributed by atoms with Crippen molar-refractivity contribution >= 4 is 8.53 Å². The fourth-order valence-electron chi connectivity index (χ4n) is 1.47. The molecule has 0 radical (unpaired) electrons. The van der Waals surface area contributed by atoms with E-state index >= 15 is 0 Å². The molecular weight excluding hydrogens is 185 g/mol. The highest BCUT2D eigenvalue weighted by Crippen LogP contribution is 2.45. The quantitative estimate of drug-likeness (QED) is 0.491. The molecule has 1 atom stereocenters. The first-order valence-corrected chi connectivity index (χ1v) is 6.23. The highest BCUT2D eigenvalue weighted by atomic mass is 31.2. The van der Waals surface area contributed by atoms with Gasteiger partial charge in [0, 0.05) is 20.2 Å². The minimum atomic E-state index is -0.694. The molecule has 0 saturated carbocycles. The van der Waals surface area contributed by atoms with Gasteiger partial charge < -0.3 is 9.05 Å². The average molecular weight is 205 g/mol. The Labute approximate surface area is 82.4 Å². The third kappa shape index (κ3) is 3.90. The fourth-order valence-corrected chi connectivity index (χ4v) is 2.76. The van der Waals surface area contributed by atoms with Crippen LogP contribution in [0.1, 0.15) is 32.6 Å². The van der Waals surface area contributed by atoms with Gasteiger partial charge in [-0.25, -0.2) is 4.67 Å². The largest absolute Gasteiger partial charge is 0.325 e. The maximum Gasteiger partial charge on any atom is 0.258 e. The van der Waals surface area contributed by atoms with Crippen molar-refractivity contribution < 1.29 is 9.05 Å². The summed E-state index contributed by atoms with van der Waals surface area (Å²) in [4.78, 5) is 0. The fraction of sp³-hybridized carbons (Fsp3) is 1.00. The lowest BCUT2D eigenvalue weighted by molar-refractivity contribution is 0.315. The molecule has 0 aromatic carbocycles. The Morgan fingerprint density at radius 1 is 1.38 bits per heavy atom. The second kappa shape index (κ2) is 6.72. The first kappa shape index (κ1) is 11.4. The third-order valence-corrected chi connectivity index (χ3v) is 3.79. The molecule has 1 saturated heterocycles. The van der Waals surface area contributed by atoms with Gasteiger partial charge in [-0.3, -0.25) is 0 Å². The second-order valence-corrected chi connectivity index (χ2v) is 4.93. The van der Waals surface area contributed by atoms with E-state index in [2.05, 4.69) is 11.6 Å². The van der Waals surface area contributed by atoms with Crippen LogP contribution in [0, 0.1) is 0 Å². The Balaban J connectivity index is 2.06. The topological polar surface area (TPSA) is 21.7 Å². The van der Waals surface area contributed by atoms with E-state index in [4.69, 9.17) is 9.05 Å². The standard InChI is InChI=1S/C9H20NO2P/c1-3-4-5-6-7-10-8-9-12-13(10)11-2/h3-9H2,1-2H3. The van der Waals surface area contributed by atoms with Gasteiger partial charge in [-0.1, -0.05) is 26.2 Å². The second-order valence-electron chi connectivity index (χ2n) is 3.27. The Morgan fingerprint density at radius 3 is 2.92 bits per heavy atom. The lowest BCUT2D eigenvalue weighted by Gasteiger charge is -2.18. The molecule has 1 unspecified atom stereocenters. The van der Waals surface area contributed by atoms with Crippen molar-refractivity contribution in [3.8, 4) is 0 Å². The molecule has 0 N–H and O–H groups in total. The molecule has 78 valence electrons. The van der Waals surface area contributed by atoms with Crippen LogP contribution in [-0.4, -0.2) is 31.5 Å². The molecule has 0 aromatic rings. The first-order valence-electron chi connectivity index (χ1n) is 5.10. The van der Waals surface area contributed by atoms with Crippen LogP contribution in [-0.2, 0) is 9.05 Å². The lowest BCUT2D eigenvalue weighted by atomic mass is 10.2. The van der Waals surface area contributed by atoms with Gasteiger partial charge in [-0.2, -0.15) is 0 Å². The summed E-state index contributed by atoms with van der Waals surface area (Å²) >= 11 is 0. The summed E-state index contributed by atoms with van der Waals surface area (Å²) in [7, 11) is 1.04. The predicted molar refractivity (Wildman–Crippen MR) is 55.6 cm³/mol. The molecule has 13 heavy (non-hydrogen) atoms. The molecule has 0 bridgehead atoms. The average Bonchev–Trinajstić information content (AvgIpc) is 2.60. The van der Waals surface area contributed by atoms with Crippen LogP contribution in [0.15, 0.2) is 0 Å². The van der Waals surface area contributed by atoms with Gasteiger partial charge in [-0.15, -0.1) is 0 Å². The van der Waals surface area contributed by atoms with Gasteiger partial charge in [0.25, 0.3) is 8.53 Å². The SMILES string of the molecule is CCCCCCN1CCOP1OC. The van der Waals surface area contributed by atoms with Crippen molar-refractivity contribution in [2.45, 2.75) is 32.6 Å². The zero-order chi connectivity index (χ0) is 9.52. The summed E-state index contributed by atoms with van der Waals surface area (Å²) < 4.78 is 13.0. The van der Waals surface area contributed by atoms with Crippen LogP contribution >= 0.6 is 8.53 Å². The number of nitrogens with zero attached hydrogens (tertiary/aromatic N) is 1. The van der Waals surface area contributed by atoms with Crippen LogP contribution in [0.2, 0.25) is 0 Å². The van der Waals surface area contributed by atoms with Gasteiger partial charge in [0.15, 0.2) is 0 Å². The molecule has 1 rings (SSSR count). The monoisotopic (exact) mass is 205 g/mol. The van der Waals surface area contributed by atoms with E-state index in [0.717, 1.165) is 19.7 Å². The van der Waals surface area contributed by atoms with Gasteiger partial charge in [0.2, 0.25) is 0 Å². The zero-order valence-corrected chi connectivity index (χ0v) is 9.56. The van der Waals surface area contributed by atoms with Crippen LogP contribution in [0.25, 0.3) is 0 Å². The number of hydrogen-bond donors (Lipinski definition) is 0. The van der Waals surface area contributed by atoms with E-state index in [1.807, 2.05) is 0 Å². The summed E-state index contributed by atoms with van der Waals surface area (Å²) in [5.74, 6) is 0. The first-order chi connectivity index (χ1) is 6.38. The molecule has 1 fully saturated rings. The maximum absolute atomic E-state index is 5.44. The van der Waals surface area contributed by atoms with Gasteiger partial charge in [0.1, 0.15) is 0 Å². The van der Waals surface area contributed by atoms with Crippen molar-refractivity contribution in [3.05, 3.63) is 0 Å². The van der Waals surface area contributed by atoms with Gasteiger partial charge in [-0.05, 0) is 6.42 Å². The molecule has 0 aliphatic carbocycles. The molecular formula is C9H20NO2P. The molecule has 0 aromatic heterocycles. The Kier molecular flexibility index (Phi) is 5.88. The van der Waals surface area contributed by atoms with E-state index in [9.17, 15) is 0 Å². The van der Waals surface area contributed by atoms with Crippen molar-refractivity contribution in [1.29, 1.82) is 0 Å². The number of hydrogen-bond acceptors (Lipinski definition) is 3. The summed E-state index contributed by atoms with van der Waals surface area (Å²) in [6, 6.07) is 0. The van der Waals surface area contributed by atoms with Gasteiger partial charge in [0.05, 0.1) is 6.61 Å². The Bertz CT molecular complexity index is 135. The normalized spacial score (nSPS) is 24.0. The molecule has 1 aliphatic rings. The minimum absolute atomic E-state index is 0.694. The van der Waals surface area contributed by atoms with Gasteiger partial charge >= 0.3 is 0 Å². The van der Waals surface area contributed by atoms with Crippen molar-refractivity contribution in [2.24, 2.45) is 0 Å². The van der Waals surface area contributed by atoms with Crippen LogP contribution in [0.4, 0.5) is 0 Å². The molecule has 0 spiro atoms. The third-order valence-electron chi connectivity index (χ3n) is 2.21. The van der Waals surface area contributed by atoms with E-state index in [0.29, 0.717) is 0 Å². The molecule has 0 amide bonds. The Hall–Kier alpha value is 0.310. The summed E-state index contributed by atoms with van der Waals surface area (Å²) in [6.07, 6.45) is 5.26. The van der Waals surface area contributed by atoms with E-state index < -0.39 is 8.53 Å². The lowest BCUT2D eigenvalue weighted by Crippen LogP contribution is -2.16. The summed E-state index contributed by atoms with van der Waals surface area (Å²) in [6.45, 7) is 5.26.